The van der Waals surface area contributed by atoms with Crippen LogP contribution >= 0.6 is 11.6 Å². The van der Waals surface area contributed by atoms with Crippen LogP contribution in [-0.2, 0) is 0 Å². The van der Waals surface area contributed by atoms with Crippen molar-refractivity contribution in [2.45, 2.75) is 31.7 Å². The molecule has 1 aliphatic heterocycles. The second-order valence-corrected chi connectivity index (χ2v) is 8.83. The highest BCUT2D eigenvalue weighted by atomic mass is 35.5. The van der Waals surface area contributed by atoms with Gasteiger partial charge in [0.1, 0.15) is 11.6 Å². The number of nitrogens with zero attached hydrogens (tertiary/aromatic N) is 3. The van der Waals surface area contributed by atoms with E-state index < -0.39 is 0 Å². The molecule has 2 atom stereocenters. The third kappa shape index (κ3) is 3.81. The number of fused-ring (bicyclic) bond motifs is 1. The molecular formula is C21H24ClFN4. The molecule has 0 radical (unpaired) electrons. The van der Waals surface area contributed by atoms with Gasteiger partial charge in [-0.05, 0) is 73.8 Å². The average Bonchev–Trinajstić information content (AvgIpc) is 3.28. The van der Waals surface area contributed by atoms with Gasteiger partial charge in [0.05, 0.1) is 10.7 Å². The van der Waals surface area contributed by atoms with E-state index in [1.54, 1.807) is 6.07 Å². The predicted molar refractivity (Wildman–Crippen MR) is 105 cm³/mol. The highest BCUT2D eigenvalue weighted by Gasteiger charge is 2.42. The van der Waals surface area contributed by atoms with Gasteiger partial charge in [0, 0.05) is 31.2 Å². The van der Waals surface area contributed by atoms with E-state index in [4.69, 9.17) is 11.6 Å². The lowest BCUT2D eigenvalue weighted by Crippen LogP contribution is -2.27. The molecule has 5 rings (SSSR count). The fourth-order valence-corrected chi connectivity index (χ4v) is 5.00. The Morgan fingerprint density at radius 1 is 1.07 bits per heavy atom. The summed E-state index contributed by atoms with van der Waals surface area (Å²) in [5, 5.41) is 12.6. The second kappa shape index (κ2) is 7.02. The minimum absolute atomic E-state index is 0.327. The van der Waals surface area contributed by atoms with E-state index in [9.17, 15) is 4.39 Å². The third-order valence-electron chi connectivity index (χ3n) is 6.26. The summed E-state index contributed by atoms with van der Waals surface area (Å²) < 4.78 is 13.5. The first kappa shape index (κ1) is 17.4. The fourth-order valence-electron chi connectivity index (χ4n) is 4.79. The van der Waals surface area contributed by atoms with E-state index in [1.807, 2.05) is 12.1 Å². The first-order chi connectivity index (χ1) is 13.1. The van der Waals surface area contributed by atoms with Crippen LogP contribution in [0.25, 0.3) is 11.3 Å². The molecule has 27 heavy (non-hydrogen) atoms. The maximum absolute atomic E-state index is 13.5. The van der Waals surface area contributed by atoms with Crippen molar-refractivity contribution in [1.82, 2.24) is 15.1 Å². The van der Waals surface area contributed by atoms with Gasteiger partial charge in [-0.25, -0.2) is 4.39 Å². The van der Waals surface area contributed by atoms with E-state index in [-0.39, 0.29) is 5.82 Å². The Labute approximate surface area is 164 Å². The molecule has 2 heterocycles. The summed E-state index contributed by atoms with van der Waals surface area (Å²) in [6, 6.07) is 8.52. The molecule has 1 saturated heterocycles. The number of nitrogens with one attached hydrogen (secondary N) is 1. The molecule has 3 aliphatic rings. The SMILES string of the molecule is Fc1ccc(Cl)c(-c2ccc(NC3CC4CN(CC5CC5)CC4C3)nn2)c1. The Bertz CT molecular complexity index is 809. The summed E-state index contributed by atoms with van der Waals surface area (Å²) in [7, 11) is 0. The minimum Gasteiger partial charge on any atom is -0.366 e. The van der Waals surface area contributed by atoms with Gasteiger partial charge >= 0.3 is 0 Å². The Hall–Kier alpha value is -1.72. The Balaban J connectivity index is 1.19. The lowest BCUT2D eigenvalue weighted by molar-refractivity contribution is 0.296. The Kier molecular flexibility index (Phi) is 4.52. The molecule has 3 fully saturated rings. The van der Waals surface area contributed by atoms with Crippen LogP contribution in [-0.4, -0.2) is 40.8 Å². The van der Waals surface area contributed by atoms with Crippen molar-refractivity contribution in [3.8, 4) is 11.3 Å². The van der Waals surface area contributed by atoms with Crippen LogP contribution in [0.4, 0.5) is 10.2 Å². The van der Waals surface area contributed by atoms with Crippen molar-refractivity contribution in [3.63, 3.8) is 0 Å². The smallest absolute Gasteiger partial charge is 0.148 e. The van der Waals surface area contributed by atoms with Crippen molar-refractivity contribution in [3.05, 3.63) is 41.2 Å². The van der Waals surface area contributed by atoms with E-state index >= 15 is 0 Å². The van der Waals surface area contributed by atoms with Crippen molar-refractivity contribution in [1.29, 1.82) is 0 Å². The van der Waals surface area contributed by atoms with Crippen LogP contribution in [0.15, 0.2) is 30.3 Å². The Morgan fingerprint density at radius 3 is 2.52 bits per heavy atom. The maximum Gasteiger partial charge on any atom is 0.148 e. The number of aromatic nitrogens is 2. The fraction of sp³-hybridized carbons (Fsp3) is 0.524. The van der Waals surface area contributed by atoms with Crippen molar-refractivity contribution in [2.75, 3.05) is 25.0 Å². The van der Waals surface area contributed by atoms with Crippen LogP contribution < -0.4 is 5.32 Å². The second-order valence-electron chi connectivity index (χ2n) is 8.42. The highest BCUT2D eigenvalue weighted by molar-refractivity contribution is 6.33. The number of halogens is 2. The third-order valence-corrected chi connectivity index (χ3v) is 6.59. The number of rotatable bonds is 5. The van der Waals surface area contributed by atoms with Gasteiger partial charge in [-0.15, -0.1) is 10.2 Å². The van der Waals surface area contributed by atoms with Gasteiger partial charge in [-0.2, -0.15) is 0 Å². The van der Waals surface area contributed by atoms with Crippen LogP contribution in [0.2, 0.25) is 5.02 Å². The number of hydrogen-bond donors (Lipinski definition) is 1. The molecule has 2 saturated carbocycles. The number of anilines is 1. The molecule has 6 heteroatoms. The zero-order valence-electron chi connectivity index (χ0n) is 15.2. The molecule has 2 unspecified atom stereocenters. The lowest BCUT2D eigenvalue weighted by Gasteiger charge is -2.19. The van der Waals surface area contributed by atoms with E-state index in [0.29, 0.717) is 22.3 Å². The molecule has 0 bridgehead atoms. The molecule has 1 aromatic carbocycles. The van der Waals surface area contributed by atoms with Crippen molar-refractivity contribution >= 4 is 17.4 Å². The molecule has 0 spiro atoms. The summed E-state index contributed by atoms with van der Waals surface area (Å²) in [6.45, 7) is 3.85. The summed E-state index contributed by atoms with van der Waals surface area (Å²) in [5.74, 6) is 3.08. The molecule has 4 nitrogen and oxygen atoms in total. The molecule has 1 aromatic heterocycles. The number of hydrogen-bond acceptors (Lipinski definition) is 4. The highest BCUT2D eigenvalue weighted by Crippen LogP contribution is 2.41. The largest absolute Gasteiger partial charge is 0.366 e. The van der Waals surface area contributed by atoms with Gasteiger partial charge < -0.3 is 10.2 Å². The first-order valence-corrected chi connectivity index (χ1v) is 10.3. The molecular weight excluding hydrogens is 363 g/mol. The van der Waals surface area contributed by atoms with Gasteiger partial charge in [0.2, 0.25) is 0 Å². The zero-order chi connectivity index (χ0) is 18.4. The average molecular weight is 387 g/mol. The summed E-state index contributed by atoms with van der Waals surface area (Å²) in [6.07, 6.45) is 5.30. The van der Waals surface area contributed by atoms with Crippen LogP contribution in [0, 0.1) is 23.6 Å². The van der Waals surface area contributed by atoms with Gasteiger partial charge in [0.15, 0.2) is 0 Å². The summed E-state index contributed by atoms with van der Waals surface area (Å²) in [4.78, 5) is 2.68. The van der Waals surface area contributed by atoms with E-state index in [2.05, 4.69) is 20.4 Å². The van der Waals surface area contributed by atoms with Crippen molar-refractivity contribution < 1.29 is 4.39 Å². The summed E-state index contributed by atoms with van der Waals surface area (Å²) >= 11 is 6.16. The van der Waals surface area contributed by atoms with Crippen LogP contribution in [0.5, 0.6) is 0 Å². The molecule has 1 N–H and O–H groups in total. The molecule has 2 aromatic rings. The maximum atomic E-state index is 13.5. The van der Waals surface area contributed by atoms with Gasteiger partial charge in [-0.1, -0.05) is 11.6 Å². The zero-order valence-corrected chi connectivity index (χ0v) is 16.0. The lowest BCUT2D eigenvalue weighted by atomic mass is 10.0. The quantitative estimate of drug-likeness (QED) is 0.823. The number of likely N-dealkylation sites (tertiary alicyclic amines) is 1. The van der Waals surface area contributed by atoms with Gasteiger partial charge in [0.25, 0.3) is 0 Å². The summed E-state index contributed by atoms with van der Waals surface area (Å²) in [5.41, 5.74) is 1.16. The molecule has 142 valence electrons. The van der Waals surface area contributed by atoms with Crippen LogP contribution in [0.3, 0.4) is 0 Å². The number of benzene rings is 1. The predicted octanol–water partition coefficient (Wildman–Crippen LogP) is 4.47. The monoisotopic (exact) mass is 386 g/mol. The van der Waals surface area contributed by atoms with E-state index in [0.717, 1.165) is 23.6 Å². The first-order valence-electron chi connectivity index (χ1n) is 9.92. The van der Waals surface area contributed by atoms with Crippen LogP contribution in [0.1, 0.15) is 25.7 Å². The Morgan fingerprint density at radius 2 is 1.85 bits per heavy atom. The minimum atomic E-state index is -0.327. The molecule has 2 aliphatic carbocycles. The normalized spacial score (nSPS) is 27.7. The topological polar surface area (TPSA) is 41.0 Å². The van der Waals surface area contributed by atoms with Crippen molar-refractivity contribution in [2.24, 2.45) is 17.8 Å². The van der Waals surface area contributed by atoms with Gasteiger partial charge in [-0.3, -0.25) is 0 Å². The van der Waals surface area contributed by atoms with E-state index in [1.165, 1.54) is 57.5 Å². The standard InChI is InChI=1S/C21H24ClFN4/c22-19-4-3-16(23)9-18(19)20-5-6-21(26-25-20)24-17-7-14-11-27(10-13-1-2-13)12-15(14)8-17/h3-6,9,13-15,17H,1-2,7-8,10-12H2,(H,24,26). The molecule has 0 amide bonds.